The van der Waals surface area contributed by atoms with E-state index in [-0.39, 0.29) is 6.10 Å². The van der Waals surface area contributed by atoms with Crippen LogP contribution in [0.3, 0.4) is 0 Å². The van der Waals surface area contributed by atoms with Gasteiger partial charge in [-0.15, -0.1) is 6.58 Å². The van der Waals surface area contributed by atoms with Crippen LogP contribution >= 0.6 is 0 Å². The van der Waals surface area contributed by atoms with Gasteiger partial charge < -0.3 is 5.11 Å². The summed E-state index contributed by atoms with van der Waals surface area (Å²) in [5, 5.41) is 11.2. The van der Waals surface area contributed by atoms with Crippen molar-refractivity contribution in [1.82, 2.24) is 0 Å². The zero-order valence-corrected chi connectivity index (χ0v) is 14.6. The third-order valence-electron chi connectivity index (χ3n) is 8.87. The first-order valence-electron chi connectivity index (χ1n) is 9.81. The molecule has 8 atom stereocenters. The average molecular weight is 303 g/mol. The zero-order valence-electron chi connectivity index (χ0n) is 14.6. The molecule has 1 unspecified atom stereocenters. The Hall–Kier alpha value is -0.300. The molecule has 1 N–H and O–H groups in total. The van der Waals surface area contributed by atoms with Crippen molar-refractivity contribution in [2.75, 3.05) is 0 Å². The van der Waals surface area contributed by atoms with Gasteiger partial charge in [0.1, 0.15) is 0 Å². The van der Waals surface area contributed by atoms with Crippen molar-refractivity contribution in [3.8, 4) is 0 Å². The summed E-state index contributed by atoms with van der Waals surface area (Å²) in [6.07, 6.45) is 14.2. The molecule has 1 heteroatoms. The molecule has 0 spiro atoms. The molecule has 1 nitrogen and oxygen atoms in total. The summed E-state index contributed by atoms with van der Waals surface area (Å²) < 4.78 is 0. The minimum atomic E-state index is -0.0716. The number of rotatable bonds is 1. The molecule has 0 aliphatic heterocycles. The highest BCUT2D eigenvalue weighted by Crippen LogP contribution is 2.67. The quantitative estimate of drug-likeness (QED) is 0.661. The summed E-state index contributed by atoms with van der Waals surface area (Å²) in [4.78, 5) is 0. The van der Waals surface area contributed by atoms with Crippen molar-refractivity contribution in [3.05, 3.63) is 12.7 Å². The fraction of sp³-hybridized carbons (Fsp3) is 0.905. The normalized spacial score (nSPS) is 57.6. The molecule has 0 aromatic carbocycles. The molecule has 0 bridgehead atoms. The molecule has 0 heterocycles. The van der Waals surface area contributed by atoms with Gasteiger partial charge in [-0.3, -0.25) is 0 Å². The van der Waals surface area contributed by atoms with E-state index in [4.69, 9.17) is 0 Å². The second-order valence-electron chi connectivity index (χ2n) is 9.52. The third kappa shape index (κ3) is 1.87. The monoisotopic (exact) mass is 302 g/mol. The van der Waals surface area contributed by atoms with Gasteiger partial charge in [0.2, 0.25) is 0 Å². The van der Waals surface area contributed by atoms with Gasteiger partial charge in [-0.2, -0.15) is 0 Å². The lowest BCUT2D eigenvalue weighted by molar-refractivity contribution is -0.166. The highest BCUT2D eigenvalue weighted by Gasteiger charge is 2.62. The van der Waals surface area contributed by atoms with Crippen LogP contribution in [-0.4, -0.2) is 11.2 Å². The molecule has 0 saturated heterocycles. The molecule has 4 fully saturated rings. The molecule has 4 aliphatic carbocycles. The molecule has 0 radical (unpaired) electrons. The maximum Gasteiger partial charge on any atom is 0.0582 e. The number of fused-ring (bicyclic) bond motifs is 5. The van der Waals surface area contributed by atoms with Crippen LogP contribution in [-0.2, 0) is 0 Å². The van der Waals surface area contributed by atoms with Gasteiger partial charge in [0.05, 0.1) is 6.10 Å². The van der Waals surface area contributed by atoms with Crippen LogP contribution in [0.15, 0.2) is 12.7 Å². The molecule has 124 valence electrons. The van der Waals surface area contributed by atoms with Crippen molar-refractivity contribution in [2.45, 2.75) is 77.7 Å². The van der Waals surface area contributed by atoms with Gasteiger partial charge >= 0.3 is 0 Å². The topological polar surface area (TPSA) is 20.2 Å². The SMILES string of the molecule is C=C[C@H]1CC[C@H]2[C@@H]3CCC4CCCC[C@]4(C)[C@H]3[C@H](O)C[C@]12C. The lowest BCUT2D eigenvalue weighted by Gasteiger charge is -2.62. The Morgan fingerprint density at radius 2 is 1.82 bits per heavy atom. The second kappa shape index (κ2) is 5.10. The van der Waals surface area contributed by atoms with E-state index >= 15 is 0 Å². The summed E-state index contributed by atoms with van der Waals surface area (Å²) in [7, 11) is 0. The van der Waals surface area contributed by atoms with Gasteiger partial charge in [0.25, 0.3) is 0 Å². The number of aliphatic hydroxyl groups is 1. The van der Waals surface area contributed by atoms with Crippen LogP contribution < -0.4 is 0 Å². The molecule has 0 amide bonds. The first-order valence-corrected chi connectivity index (χ1v) is 9.81. The Balaban J connectivity index is 1.69. The highest BCUT2D eigenvalue weighted by molar-refractivity contribution is 5.13. The van der Waals surface area contributed by atoms with E-state index in [1.807, 2.05) is 0 Å². The Kier molecular flexibility index (Phi) is 3.53. The molecule has 0 aromatic rings. The van der Waals surface area contributed by atoms with Crippen molar-refractivity contribution >= 4 is 0 Å². The summed E-state index contributed by atoms with van der Waals surface area (Å²) in [6, 6.07) is 0. The summed E-state index contributed by atoms with van der Waals surface area (Å²) >= 11 is 0. The van der Waals surface area contributed by atoms with Crippen molar-refractivity contribution in [2.24, 2.45) is 40.4 Å². The third-order valence-corrected chi connectivity index (χ3v) is 8.87. The maximum absolute atomic E-state index is 11.2. The van der Waals surface area contributed by atoms with Gasteiger partial charge in [-0.05, 0) is 85.4 Å². The van der Waals surface area contributed by atoms with Gasteiger partial charge in [0, 0.05) is 0 Å². The maximum atomic E-state index is 11.2. The molecular weight excluding hydrogens is 268 g/mol. The van der Waals surface area contributed by atoms with Gasteiger partial charge in [-0.25, -0.2) is 0 Å². The summed E-state index contributed by atoms with van der Waals surface area (Å²) in [6.45, 7) is 9.11. The molecule has 0 aromatic heterocycles. The molecular formula is C21H34O. The zero-order chi connectivity index (χ0) is 15.5. The second-order valence-corrected chi connectivity index (χ2v) is 9.52. The number of hydrogen-bond acceptors (Lipinski definition) is 1. The van der Waals surface area contributed by atoms with Crippen molar-refractivity contribution in [1.29, 1.82) is 0 Å². The Bertz CT molecular complexity index is 457. The Labute approximate surface area is 136 Å². The predicted octanol–water partition coefficient (Wildman–Crippen LogP) is 5.19. The number of hydrogen-bond donors (Lipinski definition) is 1. The molecule has 4 rings (SSSR count). The first kappa shape index (κ1) is 15.2. The molecule has 4 saturated carbocycles. The van der Waals surface area contributed by atoms with Gasteiger partial charge in [-0.1, -0.05) is 32.8 Å². The summed E-state index contributed by atoms with van der Waals surface area (Å²) in [5.41, 5.74) is 0.744. The lowest BCUT2D eigenvalue weighted by Crippen LogP contribution is -2.58. The first-order chi connectivity index (χ1) is 10.5. The van der Waals surface area contributed by atoms with Crippen molar-refractivity contribution < 1.29 is 5.11 Å². The van der Waals surface area contributed by atoms with Crippen LogP contribution in [0.25, 0.3) is 0 Å². The lowest BCUT2D eigenvalue weighted by atomic mass is 9.44. The predicted molar refractivity (Wildman–Crippen MR) is 91.4 cm³/mol. The van der Waals surface area contributed by atoms with E-state index < -0.39 is 0 Å². The summed E-state index contributed by atoms with van der Waals surface area (Å²) in [5.74, 6) is 3.71. The average Bonchev–Trinajstić information content (AvgIpc) is 2.82. The van der Waals surface area contributed by atoms with Crippen LogP contribution in [0, 0.1) is 40.4 Å². The molecule has 4 aliphatic rings. The van der Waals surface area contributed by atoms with Crippen LogP contribution in [0.1, 0.15) is 71.6 Å². The standard InChI is InChI=1S/C21H34O/c1-4-14-9-11-17-16-10-8-15-7-5-6-12-20(15,2)19(16)18(22)13-21(14,17)3/h4,14-19,22H,1,5-13H2,2-3H3/t14-,15?,16-,17-,18+,19+,20-,21+/m0/s1. The Morgan fingerprint density at radius 3 is 2.59 bits per heavy atom. The minimum Gasteiger partial charge on any atom is -0.393 e. The number of allylic oxidation sites excluding steroid dienone is 1. The fourth-order valence-electron chi connectivity index (χ4n) is 7.85. The van der Waals surface area contributed by atoms with E-state index in [1.54, 1.807) is 0 Å². The largest absolute Gasteiger partial charge is 0.393 e. The Morgan fingerprint density at radius 1 is 1.00 bits per heavy atom. The van der Waals surface area contributed by atoms with E-state index in [2.05, 4.69) is 26.5 Å². The molecule has 22 heavy (non-hydrogen) atoms. The smallest absolute Gasteiger partial charge is 0.0582 e. The van der Waals surface area contributed by atoms with E-state index in [0.717, 1.165) is 24.2 Å². The van der Waals surface area contributed by atoms with E-state index in [9.17, 15) is 5.11 Å². The van der Waals surface area contributed by atoms with E-state index in [1.165, 1.54) is 51.4 Å². The van der Waals surface area contributed by atoms with Crippen molar-refractivity contribution in [3.63, 3.8) is 0 Å². The number of aliphatic hydroxyl groups excluding tert-OH is 1. The fourth-order valence-corrected chi connectivity index (χ4v) is 7.85. The van der Waals surface area contributed by atoms with Crippen LogP contribution in [0.2, 0.25) is 0 Å². The van der Waals surface area contributed by atoms with Crippen LogP contribution in [0.5, 0.6) is 0 Å². The minimum absolute atomic E-state index is 0.0716. The van der Waals surface area contributed by atoms with Gasteiger partial charge in [0.15, 0.2) is 0 Å². The van der Waals surface area contributed by atoms with Crippen LogP contribution in [0.4, 0.5) is 0 Å². The highest BCUT2D eigenvalue weighted by atomic mass is 16.3. The van der Waals surface area contributed by atoms with E-state index in [0.29, 0.717) is 22.7 Å².